The molecule has 1 heterocycles. The molecule has 0 aliphatic carbocycles. The molecule has 0 aliphatic rings. The highest BCUT2D eigenvalue weighted by molar-refractivity contribution is 7.99. The van der Waals surface area contributed by atoms with E-state index in [1.54, 1.807) is 18.2 Å². The van der Waals surface area contributed by atoms with Crippen molar-refractivity contribution in [2.24, 2.45) is 0 Å². The molecule has 0 unspecified atom stereocenters. The van der Waals surface area contributed by atoms with Crippen molar-refractivity contribution < 1.29 is 9.21 Å². The number of aromatic nitrogens is 1. The third-order valence-electron chi connectivity index (χ3n) is 3.49. The number of oxazole rings is 1. The smallest absolute Gasteiger partial charge is 0.257 e. The number of hydrogen-bond donors (Lipinski definition) is 0. The summed E-state index contributed by atoms with van der Waals surface area (Å²) in [5, 5.41) is 1.10. The first-order chi connectivity index (χ1) is 10.5. The van der Waals surface area contributed by atoms with Gasteiger partial charge in [-0.2, -0.15) is 0 Å². The summed E-state index contributed by atoms with van der Waals surface area (Å²) in [6.45, 7) is 4.03. The summed E-state index contributed by atoms with van der Waals surface area (Å²) in [4.78, 5) is 16.6. The van der Waals surface area contributed by atoms with E-state index in [9.17, 15) is 4.79 Å². The number of thioether (sulfide) groups is 1. The molecule has 0 radical (unpaired) electrons. The number of halogens is 1. The van der Waals surface area contributed by atoms with Crippen LogP contribution < -0.4 is 0 Å². The van der Waals surface area contributed by atoms with Gasteiger partial charge in [-0.1, -0.05) is 35.5 Å². The molecular weight excluding hydrogens is 318 g/mol. The average molecular weight is 332 g/mol. The molecule has 22 heavy (non-hydrogen) atoms. The van der Waals surface area contributed by atoms with Crippen molar-refractivity contribution in [3.05, 3.63) is 58.1 Å². The van der Waals surface area contributed by atoms with Crippen molar-refractivity contribution in [1.82, 2.24) is 4.98 Å². The lowest BCUT2D eigenvalue weighted by atomic mass is 10.0. The van der Waals surface area contributed by atoms with Crippen molar-refractivity contribution in [2.45, 2.75) is 19.1 Å². The second kappa shape index (κ2) is 6.15. The third kappa shape index (κ3) is 3.18. The Hall–Kier alpha value is -1.78. The molecule has 0 spiro atoms. The predicted molar refractivity (Wildman–Crippen MR) is 90.0 cm³/mol. The first-order valence-corrected chi connectivity index (χ1v) is 8.18. The van der Waals surface area contributed by atoms with Crippen molar-refractivity contribution in [2.75, 3.05) is 5.75 Å². The Balaban J connectivity index is 1.72. The highest BCUT2D eigenvalue weighted by Gasteiger charge is 2.12. The Kier molecular flexibility index (Phi) is 4.23. The van der Waals surface area contributed by atoms with Gasteiger partial charge in [0.1, 0.15) is 5.52 Å². The molecule has 0 fully saturated rings. The quantitative estimate of drug-likeness (QED) is 0.494. The van der Waals surface area contributed by atoms with Gasteiger partial charge in [-0.3, -0.25) is 4.79 Å². The lowest BCUT2D eigenvalue weighted by Gasteiger charge is -2.03. The van der Waals surface area contributed by atoms with Gasteiger partial charge >= 0.3 is 0 Å². The topological polar surface area (TPSA) is 43.1 Å². The summed E-state index contributed by atoms with van der Waals surface area (Å²) >= 11 is 7.22. The number of carbonyl (C=O) groups is 1. The van der Waals surface area contributed by atoms with E-state index in [1.807, 2.05) is 32.0 Å². The van der Waals surface area contributed by atoms with Crippen LogP contribution in [-0.2, 0) is 0 Å². The van der Waals surface area contributed by atoms with E-state index >= 15 is 0 Å². The van der Waals surface area contributed by atoms with Crippen LogP contribution in [0, 0.1) is 13.8 Å². The van der Waals surface area contributed by atoms with E-state index in [-0.39, 0.29) is 5.78 Å². The largest absolute Gasteiger partial charge is 0.431 e. The minimum atomic E-state index is 0.0633. The average Bonchev–Trinajstić information content (AvgIpc) is 2.89. The summed E-state index contributed by atoms with van der Waals surface area (Å²) in [6, 6.07) is 11.0. The Morgan fingerprint density at radius 3 is 2.77 bits per heavy atom. The van der Waals surface area contributed by atoms with Gasteiger partial charge < -0.3 is 4.42 Å². The van der Waals surface area contributed by atoms with E-state index in [0.717, 1.165) is 11.1 Å². The van der Waals surface area contributed by atoms with Crippen LogP contribution in [0.1, 0.15) is 21.5 Å². The van der Waals surface area contributed by atoms with E-state index in [2.05, 4.69) is 4.98 Å². The number of fused-ring (bicyclic) bond motifs is 1. The summed E-state index contributed by atoms with van der Waals surface area (Å²) in [7, 11) is 0. The lowest BCUT2D eigenvalue weighted by Crippen LogP contribution is -2.03. The van der Waals surface area contributed by atoms with Crippen LogP contribution in [-0.4, -0.2) is 16.5 Å². The zero-order valence-electron chi connectivity index (χ0n) is 12.2. The van der Waals surface area contributed by atoms with Gasteiger partial charge in [0.2, 0.25) is 0 Å². The fraction of sp³-hybridized carbons (Fsp3) is 0.176. The van der Waals surface area contributed by atoms with Gasteiger partial charge in [0, 0.05) is 10.6 Å². The number of benzene rings is 2. The van der Waals surface area contributed by atoms with Crippen molar-refractivity contribution >= 4 is 40.2 Å². The molecule has 0 atom stereocenters. The lowest BCUT2D eigenvalue weighted by molar-refractivity contribution is 0.102. The molecule has 2 aromatic carbocycles. The minimum absolute atomic E-state index is 0.0633. The number of ketones is 1. The Bertz CT molecular complexity index is 857. The second-order valence-electron chi connectivity index (χ2n) is 5.10. The van der Waals surface area contributed by atoms with Gasteiger partial charge in [0.25, 0.3) is 5.22 Å². The van der Waals surface area contributed by atoms with E-state index in [0.29, 0.717) is 27.1 Å². The van der Waals surface area contributed by atoms with E-state index in [4.69, 9.17) is 16.0 Å². The van der Waals surface area contributed by atoms with Gasteiger partial charge in [-0.05, 0) is 49.2 Å². The number of hydrogen-bond acceptors (Lipinski definition) is 4. The SMILES string of the molecule is Cc1ccc(C(=O)CSc2nc3cc(Cl)ccc3o2)cc1C. The maximum absolute atomic E-state index is 12.2. The minimum Gasteiger partial charge on any atom is -0.431 e. The van der Waals surface area contributed by atoms with E-state index in [1.165, 1.54) is 17.3 Å². The molecule has 0 amide bonds. The fourth-order valence-corrected chi connectivity index (χ4v) is 2.97. The highest BCUT2D eigenvalue weighted by Crippen LogP contribution is 2.26. The molecule has 0 saturated carbocycles. The fourth-order valence-electron chi connectivity index (χ4n) is 2.07. The van der Waals surface area contributed by atoms with Gasteiger partial charge in [-0.15, -0.1) is 0 Å². The summed E-state index contributed by atoms with van der Waals surface area (Å²) < 4.78 is 5.59. The van der Waals surface area contributed by atoms with Crippen molar-refractivity contribution in [3.8, 4) is 0 Å². The summed E-state index contributed by atoms with van der Waals surface area (Å²) in [6.07, 6.45) is 0. The molecule has 3 nitrogen and oxygen atoms in total. The van der Waals surface area contributed by atoms with E-state index < -0.39 is 0 Å². The Labute approximate surface area is 137 Å². The normalized spacial score (nSPS) is 11.0. The number of Topliss-reactive ketones (excluding diaryl/α,β-unsaturated/α-hetero) is 1. The summed E-state index contributed by atoms with van der Waals surface area (Å²) in [5.74, 6) is 0.358. The molecule has 3 aromatic rings. The van der Waals surface area contributed by atoms with Crippen LogP contribution in [0.3, 0.4) is 0 Å². The van der Waals surface area contributed by atoms with Crippen LogP contribution in [0.4, 0.5) is 0 Å². The number of nitrogens with zero attached hydrogens (tertiary/aromatic N) is 1. The van der Waals surface area contributed by atoms with Gasteiger partial charge in [-0.25, -0.2) is 4.98 Å². The first-order valence-electron chi connectivity index (χ1n) is 6.82. The molecule has 0 saturated heterocycles. The van der Waals surface area contributed by atoms with Crippen molar-refractivity contribution in [3.63, 3.8) is 0 Å². The van der Waals surface area contributed by atoms with Crippen LogP contribution in [0.5, 0.6) is 0 Å². The molecule has 112 valence electrons. The Morgan fingerprint density at radius 2 is 2.00 bits per heavy atom. The second-order valence-corrected chi connectivity index (χ2v) is 6.47. The molecule has 0 bridgehead atoms. The number of carbonyl (C=O) groups excluding carboxylic acids is 1. The maximum atomic E-state index is 12.2. The zero-order valence-corrected chi connectivity index (χ0v) is 13.8. The van der Waals surface area contributed by atoms with Crippen LogP contribution in [0.25, 0.3) is 11.1 Å². The van der Waals surface area contributed by atoms with Crippen molar-refractivity contribution in [1.29, 1.82) is 0 Å². The van der Waals surface area contributed by atoms with Crippen LogP contribution in [0.15, 0.2) is 46.0 Å². The third-order valence-corrected chi connectivity index (χ3v) is 4.55. The molecule has 3 rings (SSSR count). The van der Waals surface area contributed by atoms with Crippen LogP contribution in [0.2, 0.25) is 5.02 Å². The summed E-state index contributed by atoms with van der Waals surface area (Å²) in [5.41, 5.74) is 4.39. The first kappa shape index (κ1) is 15.1. The number of aryl methyl sites for hydroxylation is 2. The molecule has 5 heteroatoms. The molecule has 0 aliphatic heterocycles. The monoisotopic (exact) mass is 331 g/mol. The maximum Gasteiger partial charge on any atom is 0.257 e. The van der Waals surface area contributed by atoms with Crippen LogP contribution >= 0.6 is 23.4 Å². The van der Waals surface area contributed by atoms with Gasteiger partial charge in [0.15, 0.2) is 11.4 Å². The standard InChI is InChI=1S/C17H14ClNO2S/c1-10-3-4-12(7-11(10)2)15(20)9-22-17-19-14-8-13(18)5-6-16(14)21-17/h3-8H,9H2,1-2H3. The zero-order chi connectivity index (χ0) is 15.7. The molecule has 1 aromatic heterocycles. The highest BCUT2D eigenvalue weighted by atomic mass is 35.5. The van der Waals surface area contributed by atoms with Gasteiger partial charge in [0.05, 0.1) is 5.75 Å². The molecular formula is C17H14ClNO2S. The Morgan fingerprint density at radius 1 is 1.18 bits per heavy atom. The number of rotatable bonds is 4. The predicted octanol–water partition coefficient (Wildman–Crippen LogP) is 5.07. The molecule has 0 N–H and O–H groups in total.